The number of hydrogen-bond donors (Lipinski definition) is 3. The molecule has 0 aliphatic carbocycles. The molecule has 0 aromatic rings. The summed E-state index contributed by atoms with van der Waals surface area (Å²) in [6, 6.07) is 0. The summed E-state index contributed by atoms with van der Waals surface area (Å²) < 4.78 is 0. The lowest BCUT2D eigenvalue weighted by Crippen LogP contribution is -2.47. The molecule has 0 unspecified atom stereocenters. The van der Waals surface area contributed by atoms with Crippen molar-refractivity contribution < 1.29 is 38.7 Å². The molecule has 13 heteroatoms. The largest absolute Gasteiger partial charge is 0.480 e. The van der Waals surface area contributed by atoms with Crippen LogP contribution in [-0.4, -0.2) is 107 Å². The van der Waals surface area contributed by atoms with Crippen molar-refractivity contribution in [3.05, 3.63) is 24.3 Å². The summed E-state index contributed by atoms with van der Waals surface area (Å²) in [7, 11) is 0. The number of nitrogens with zero attached hydrogens (tertiary/aromatic N) is 3. The van der Waals surface area contributed by atoms with E-state index in [-0.39, 0.29) is 26.2 Å². The van der Waals surface area contributed by atoms with E-state index in [1.165, 1.54) is 0 Å². The van der Waals surface area contributed by atoms with Gasteiger partial charge in [-0.05, 0) is 0 Å². The number of nitrogens with one attached hydrogen (secondary N) is 2. The first-order valence-corrected chi connectivity index (χ1v) is 9.22. The normalized spacial score (nSPS) is 15.4. The van der Waals surface area contributed by atoms with Crippen LogP contribution in [0.25, 0.3) is 0 Å². The van der Waals surface area contributed by atoms with Gasteiger partial charge in [-0.2, -0.15) is 0 Å². The Morgan fingerprint density at radius 3 is 1.39 bits per heavy atom. The second kappa shape index (κ2) is 10.8. The number of imide groups is 2. The predicted octanol–water partition coefficient (Wildman–Crippen LogP) is -3.54. The molecule has 6 amide bonds. The topological polar surface area (TPSA) is 173 Å². The number of rotatable bonds is 12. The minimum atomic E-state index is -1.25. The standard InChI is InChI=1S/C18H21N5O8/c24-12(19-5-7-22-14(26)1-2-15(22)27)9-21(11-18(30)31)10-13(25)20-6-8-23-16(28)3-4-17(23)29/h1-4H,5-11H2,(H,19,24)(H,20,25)(H,30,31). The van der Waals surface area contributed by atoms with Gasteiger partial charge in [0.25, 0.3) is 23.6 Å². The van der Waals surface area contributed by atoms with E-state index in [1.54, 1.807) is 0 Å². The third-order valence-corrected chi connectivity index (χ3v) is 4.21. The van der Waals surface area contributed by atoms with Crippen molar-refractivity contribution in [1.82, 2.24) is 25.3 Å². The van der Waals surface area contributed by atoms with E-state index in [2.05, 4.69) is 10.6 Å². The minimum absolute atomic E-state index is 0.0307. The Kier molecular flexibility index (Phi) is 8.14. The van der Waals surface area contributed by atoms with Crippen LogP contribution in [0.5, 0.6) is 0 Å². The van der Waals surface area contributed by atoms with Crippen molar-refractivity contribution >= 4 is 41.4 Å². The SMILES string of the molecule is O=C(O)CN(CC(=O)NCCN1C(=O)C=CC1=O)CC(=O)NCCN1C(=O)C=CC1=O. The summed E-state index contributed by atoms with van der Waals surface area (Å²) in [5.41, 5.74) is 0. The monoisotopic (exact) mass is 435 g/mol. The molecular formula is C18H21N5O8. The highest BCUT2D eigenvalue weighted by Gasteiger charge is 2.24. The molecule has 2 heterocycles. The molecule has 3 N–H and O–H groups in total. The van der Waals surface area contributed by atoms with Crippen molar-refractivity contribution in [2.24, 2.45) is 0 Å². The fourth-order valence-corrected chi connectivity index (χ4v) is 2.79. The van der Waals surface area contributed by atoms with Crippen LogP contribution < -0.4 is 10.6 Å². The highest BCUT2D eigenvalue weighted by Crippen LogP contribution is 2.02. The summed E-state index contributed by atoms with van der Waals surface area (Å²) in [5.74, 6) is -4.40. The van der Waals surface area contributed by atoms with Gasteiger partial charge >= 0.3 is 5.97 Å². The lowest BCUT2D eigenvalue weighted by Gasteiger charge is -2.20. The lowest BCUT2D eigenvalue weighted by molar-refractivity contribution is -0.141. The van der Waals surface area contributed by atoms with E-state index in [0.29, 0.717) is 0 Å². The first-order chi connectivity index (χ1) is 14.7. The van der Waals surface area contributed by atoms with Crippen molar-refractivity contribution in [2.45, 2.75) is 0 Å². The third-order valence-electron chi connectivity index (χ3n) is 4.21. The van der Waals surface area contributed by atoms with Crippen LogP contribution in [0.1, 0.15) is 0 Å². The highest BCUT2D eigenvalue weighted by molar-refractivity contribution is 6.13. The zero-order chi connectivity index (χ0) is 23.0. The quantitative estimate of drug-likeness (QED) is 0.262. The Morgan fingerprint density at radius 2 is 1.06 bits per heavy atom. The van der Waals surface area contributed by atoms with Gasteiger partial charge in [0.2, 0.25) is 11.8 Å². The van der Waals surface area contributed by atoms with Crippen LogP contribution in [0.4, 0.5) is 0 Å². The van der Waals surface area contributed by atoms with E-state index >= 15 is 0 Å². The van der Waals surface area contributed by atoms with Gasteiger partial charge < -0.3 is 15.7 Å². The van der Waals surface area contributed by atoms with E-state index in [9.17, 15) is 33.6 Å². The van der Waals surface area contributed by atoms with Gasteiger partial charge in [0.05, 0.1) is 19.6 Å². The van der Waals surface area contributed by atoms with Crippen molar-refractivity contribution in [3.63, 3.8) is 0 Å². The second-order valence-electron chi connectivity index (χ2n) is 6.56. The minimum Gasteiger partial charge on any atom is -0.480 e. The Morgan fingerprint density at radius 1 is 0.710 bits per heavy atom. The maximum atomic E-state index is 12.0. The molecule has 2 aliphatic rings. The summed E-state index contributed by atoms with van der Waals surface area (Å²) in [6.45, 7) is -1.55. The molecule has 166 valence electrons. The van der Waals surface area contributed by atoms with Crippen LogP contribution in [-0.2, 0) is 33.6 Å². The number of hydrogen-bond acceptors (Lipinski definition) is 8. The smallest absolute Gasteiger partial charge is 0.317 e. The molecule has 0 radical (unpaired) electrons. The Balaban J connectivity index is 1.73. The van der Waals surface area contributed by atoms with E-state index < -0.39 is 61.0 Å². The van der Waals surface area contributed by atoms with Gasteiger partial charge in [-0.25, -0.2) is 0 Å². The molecule has 0 aromatic carbocycles. The number of carbonyl (C=O) groups excluding carboxylic acids is 6. The Hall–Kier alpha value is -3.87. The molecule has 0 saturated heterocycles. The van der Waals surface area contributed by atoms with E-state index in [0.717, 1.165) is 39.0 Å². The molecule has 2 aliphatic heterocycles. The van der Waals surface area contributed by atoms with Crippen LogP contribution in [0.15, 0.2) is 24.3 Å². The molecule has 0 fully saturated rings. The van der Waals surface area contributed by atoms with Gasteiger partial charge in [0.15, 0.2) is 0 Å². The molecule has 13 nitrogen and oxygen atoms in total. The molecule has 31 heavy (non-hydrogen) atoms. The first-order valence-electron chi connectivity index (χ1n) is 9.22. The average molecular weight is 435 g/mol. The van der Waals surface area contributed by atoms with Gasteiger partial charge in [0, 0.05) is 50.5 Å². The molecule has 2 rings (SSSR count). The van der Waals surface area contributed by atoms with Crippen molar-refractivity contribution in [2.75, 3.05) is 45.8 Å². The molecule has 0 saturated carbocycles. The highest BCUT2D eigenvalue weighted by atomic mass is 16.4. The fraction of sp³-hybridized carbons (Fsp3) is 0.389. The summed E-state index contributed by atoms with van der Waals surface area (Å²) in [6.07, 6.45) is 4.46. The molecule has 0 atom stereocenters. The van der Waals surface area contributed by atoms with Gasteiger partial charge in [-0.15, -0.1) is 0 Å². The van der Waals surface area contributed by atoms with Crippen LogP contribution in [0, 0.1) is 0 Å². The first kappa shape index (κ1) is 23.4. The van der Waals surface area contributed by atoms with Crippen LogP contribution in [0.3, 0.4) is 0 Å². The molecule has 0 bridgehead atoms. The predicted molar refractivity (Wildman–Crippen MR) is 102 cm³/mol. The van der Waals surface area contributed by atoms with Crippen molar-refractivity contribution in [3.8, 4) is 0 Å². The lowest BCUT2D eigenvalue weighted by atomic mass is 10.4. The zero-order valence-corrected chi connectivity index (χ0v) is 16.4. The Bertz CT molecular complexity index is 767. The van der Waals surface area contributed by atoms with Gasteiger partial charge in [0.1, 0.15) is 0 Å². The average Bonchev–Trinajstić information content (AvgIpc) is 3.17. The number of carboxylic acids is 1. The number of amides is 6. The molecule has 0 spiro atoms. The van der Waals surface area contributed by atoms with E-state index in [1.807, 2.05) is 0 Å². The number of aliphatic carboxylic acids is 1. The van der Waals surface area contributed by atoms with Crippen LogP contribution in [0.2, 0.25) is 0 Å². The summed E-state index contributed by atoms with van der Waals surface area (Å²) in [5, 5.41) is 13.9. The summed E-state index contributed by atoms with van der Waals surface area (Å²) in [4.78, 5) is 83.8. The Labute approximate surface area is 176 Å². The maximum Gasteiger partial charge on any atom is 0.317 e. The maximum absolute atomic E-state index is 12.0. The molecule has 0 aromatic heterocycles. The molecular weight excluding hydrogens is 414 g/mol. The number of carboxylic acid groups (broad SMARTS) is 1. The van der Waals surface area contributed by atoms with Crippen molar-refractivity contribution in [1.29, 1.82) is 0 Å². The van der Waals surface area contributed by atoms with E-state index in [4.69, 9.17) is 5.11 Å². The fourth-order valence-electron chi connectivity index (χ4n) is 2.79. The summed E-state index contributed by atoms with van der Waals surface area (Å²) >= 11 is 0. The zero-order valence-electron chi connectivity index (χ0n) is 16.4. The second-order valence-corrected chi connectivity index (χ2v) is 6.56. The number of carbonyl (C=O) groups is 7. The van der Waals surface area contributed by atoms with Crippen LogP contribution >= 0.6 is 0 Å². The van der Waals surface area contributed by atoms with Gasteiger partial charge in [-0.3, -0.25) is 48.3 Å². The third kappa shape index (κ3) is 7.15. The van der Waals surface area contributed by atoms with Gasteiger partial charge in [-0.1, -0.05) is 0 Å².